The number of aliphatic carboxylic acids is 1. The Labute approximate surface area is 123 Å². The molecule has 3 rings (SSSR count). The summed E-state index contributed by atoms with van der Waals surface area (Å²) < 4.78 is 5.45. The van der Waals surface area contributed by atoms with Gasteiger partial charge in [-0.15, -0.1) is 0 Å². The van der Waals surface area contributed by atoms with E-state index < -0.39 is 12.0 Å². The highest BCUT2D eigenvalue weighted by Crippen LogP contribution is 2.26. The Bertz CT molecular complexity index is 569. The fourth-order valence-corrected chi connectivity index (χ4v) is 3.11. The van der Waals surface area contributed by atoms with Gasteiger partial charge in [-0.3, -0.25) is 4.79 Å². The molecule has 0 aliphatic carbocycles. The molecule has 0 aromatic heterocycles. The van der Waals surface area contributed by atoms with Gasteiger partial charge in [-0.1, -0.05) is 12.1 Å². The van der Waals surface area contributed by atoms with Crippen LogP contribution >= 0.6 is 0 Å². The highest BCUT2D eigenvalue weighted by molar-refractivity contribution is 5.85. The Kier molecular flexibility index (Phi) is 3.82. The molecule has 112 valence electrons. The van der Waals surface area contributed by atoms with Crippen LogP contribution in [0, 0.1) is 0 Å². The van der Waals surface area contributed by atoms with Crippen LogP contribution in [0.5, 0.6) is 5.75 Å². The monoisotopic (exact) mass is 289 g/mol. The first-order valence-corrected chi connectivity index (χ1v) is 7.42. The van der Waals surface area contributed by atoms with Crippen LogP contribution in [0.25, 0.3) is 0 Å². The van der Waals surface area contributed by atoms with Gasteiger partial charge in [-0.05, 0) is 36.5 Å². The molecular formula is C16H19NO4. The zero-order chi connectivity index (χ0) is 14.8. The normalized spacial score (nSPS) is 20.8. The number of carbonyl (C=O) groups excluding carboxylic acids is 1. The van der Waals surface area contributed by atoms with E-state index in [-0.39, 0.29) is 12.3 Å². The summed E-state index contributed by atoms with van der Waals surface area (Å²) >= 11 is 0. The van der Waals surface area contributed by atoms with E-state index in [0.717, 1.165) is 36.1 Å². The molecule has 0 saturated carbocycles. The number of hydrogen-bond donors (Lipinski definition) is 1. The summed E-state index contributed by atoms with van der Waals surface area (Å²) in [5.41, 5.74) is 2.06. The van der Waals surface area contributed by atoms with E-state index in [1.807, 2.05) is 18.2 Å². The first-order valence-electron chi connectivity index (χ1n) is 7.42. The van der Waals surface area contributed by atoms with E-state index in [1.165, 1.54) is 4.90 Å². The molecule has 1 fully saturated rings. The number of nitrogens with zero attached hydrogens (tertiary/aromatic N) is 1. The van der Waals surface area contributed by atoms with Crippen LogP contribution in [-0.4, -0.2) is 41.1 Å². The van der Waals surface area contributed by atoms with Crippen LogP contribution < -0.4 is 4.74 Å². The predicted molar refractivity (Wildman–Crippen MR) is 76.3 cm³/mol. The molecule has 1 aromatic rings. The molecular weight excluding hydrogens is 270 g/mol. The second-order valence-corrected chi connectivity index (χ2v) is 5.65. The molecule has 1 atom stereocenters. The number of hydrogen-bond acceptors (Lipinski definition) is 3. The van der Waals surface area contributed by atoms with Crippen molar-refractivity contribution < 1.29 is 19.4 Å². The fourth-order valence-electron chi connectivity index (χ4n) is 3.11. The summed E-state index contributed by atoms with van der Waals surface area (Å²) in [7, 11) is 0. The third-order valence-electron chi connectivity index (χ3n) is 4.22. The average Bonchev–Trinajstić information content (AvgIpc) is 2.94. The Morgan fingerprint density at radius 3 is 3.00 bits per heavy atom. The molecule has 2 heterocycles. The Morgan fingerprint density at radius 2 is 2.19 bits per heavy atom. The summed E-state index contributed by atoms with van der Waals surface area (Å²) in [4.78, 5) is 25.2. The number of carboxylic acid groups (broad SMARTS) is 1. The molecule has 1 unspecified atom stereocenters. The number of piperidine rings is 1. The molecule has 21 heavy (non-hydrogen) atoms. The summed E-state index contributed by atoms with van der Waals surface area (Å²) in [5.74, 6) is -0.0982. The Morgan fingerprint density at radius 1 is 1.33 bits per heavy atom. The number of ether oxygens (including phenoxy) is 1. The lowest BCUT2D eigenvalue weighted by molar-refractivity contribution is -0.151. The molecule has 0 radical (unpaired) electrons. The second-order valence-electron chi connectivity index (χ2n) is 5.65. The summed E-state index contributed by atoms with van der Waals surface area (Å²) in [5, 5.41) is 9.24. The molecule has 5 heteroatoms. The number of amides is 1. The van der Waals surface area contributed by atoms with E-state index in [0.29, 0.717) is 19.6 Å². The van der Waals surface area contributed by atoms with Gasteiger partial charge < -0.3 is 14.7 Å². The van der Waals surface area contributed by atoms with Crippen LogP contribution in [0.2, 0.25) is 0 Å². The average molecular weight is 289 g/mol. The van der Waals surface area contributed by atoms with E-state index in [9.17, 15) is 14.7 Å². The van der Waals surface area contributed by atoms with Crippen molar-refractivity contribution in [3.63, 3.8) is 0 Å². The van der Waals surface area contributed by atoms with Crippen LogP contribution in [0.15, 0.2) is 18.2 Å². The van der Waals surface area contributed by atoms with Gasteiger partial charge in [-0.2, -0.15) is 0 Å². The van der Waals surface area contributed by atoms with Crippen molar-refractivity contribution in [3.8, 4) is 5.75 Å². The third kappa shape index (κ3) is 2.86. The van der Waals surface area contributed by atoms with Crippen molar-refractivity contribution in [2.45, 2.75) is 38.1 Å². The van der Waals surface area contributed by atoms with Crippen LogP contribution in [0.1, 0.15) is 30.4 Å². The lowest BCUT2D eigenvalue weighted by atomic mass is 10.00. The number of carboxylic acids is 1. The van der Waals surface area contributed by atoms with Crippen LogP contribution in [-0.2, 0) is 22.4 Å². The van der Waals surface area contributed by atoms with Gasteiger partial charge in [0, 0.05) is 13.0 Å². The van der Waals surface area contributed by atoms with E-state index in [2.05, 4.69) is 0 Å². The van der Waals surface area contributed by atoms with E-state index >= 15 is 0 Å². The second kappa shape index (κ2) is 5.76. The molecule has 0 spiro atoms. The molecule has 0 bridgehead atoms. The molecule has 5 nitrogen and oxygen atoms in total. The maximum absolute atomic E-state index is 12.4. The summed E-state index contributed by atoms with van der Waals surface area (Å²) in [6.07, 6.45) is 3.44. The van der Waals surface area contributed by atoms with Gasteiger partial charge in [0.2, 0.25) is 5.91 Å². The summed E-state index contributed by atoms with van der Waals surface area (Å²) in [6.45, 7) is 1.24. The minimum atomic E-state index is -0.898. The topological polar surface area (TPSA) is 66.8 Å². The predicted octanol–water partition coefficient (Wildman–Crippen LogP) is 1.63. The van der Waals surface area contributed by atoms with Gasteiger partial charge in [-0.25, -0.2) is 4.79 Å². The number of carbonyl (C=O) groups is 2. The van der Waals surface area contributed by atoms with E-state index in [1.54, 1.807) is 0 Å². The highest BCUT2D eigenvalue weighted by atomic mass is 16.5. The van der Waals surface area contributed by atoms with Crippen molar-refractivity contribution in [3.05, 3.63) is 29.3 Å². The quantitative estimate of drug-likeness (QED) is 0.918. The number of fused-ring (bicyclic) bond motifs is 1. The zero-order valence-electron chi connectivity index (χ0n) is 11.9. The molecule has 2 aliphatic heterocycles. The van der Waals surface area contributed by atoms with E-state index in [4.69, 9.17) is 4.74 Å². The minimum Gasteiger partial charge on any atom is -0.493 e. The number of benzene rings is 1. The van der Waals surface area contributed by atoms with Gasteiger partial charge in [0.15, 0.2) is 0 Å². The van der Waals surface area contributed by atoms with Crippen molar-refractivity contribution in [2.75, 3.05) is 13.2 Å². The molecule has 1 amide bonds. The molecule has 1 N–H and O–H groups in total. The lowest BCUT2D eigenvalue weighted by Gasteiger charge is -2.33. The van der Waals surface area contributed by atoms with Crippen LogP contribution in [0.3, 0.4) is 0 Å². The van der Waals surface area contributed by atoms with Crippen molar-refractivity contribution in [1.82, 2.24) is 4.90 Å². The van der Waals surface area contributed by atoms with Gasteiger partial charge in [0.1, 0.15) is 11.8 Å². The first kappa shape index (κ1) is 13.9. The third-order valence-corrected chi connectivity index (χ3v) is 4.22. The number of likely N-dealkylation sites (tertiary alicyclic amines) is 1. The maximum atomic E-state index is 12.4. The van der Waals surface area contributed by atoms with Crippen LogP contribution in [0.4, 0.5) is 0 Å². The zero-order valence-corrected chi connectivity index (χ0v) is 11.9. The SMILES string of the molecule is O=C(O)C1CCCCN1C(=O)Cc1ccc2c(c1)CCO2. The number of rotatable bonds is 3. The van der Waals surface area contributed by atoms with Crippen molar-refractivity contribution in [2.24, 2.45) is 0 Å². The molecule has 1 aromatic carbocycles. The smallest absolute Gasteiger partial charge is 0.326 e. The molecule has 2 aliphatic rings. The largest absolute Gasteiger partial charge is 0.493 e. The Balaban J connectivity index is 1.71. The van der Waals surface area contributed by atoms with Gasteiger partial charge in [0.25, 0.3) is 0 Å². The van der Waals surface area contributed by atoms with Gasteiger partial charge >= 0.3 is 5.97 Å². The van der Waals surface area contributed by atoms with Crippen molar-refractivity contribution in [1.29, 1.82) is 0 Å². The Hall–Kier alpha value is -2.04. The standard InChI is InChI=1S/C16H19NO4/c18-15(17-7-2-1-3-13(17)16(19)20)10-11-4-5-14-12(9-11)6-8-21-14/h4-5,9,13H,1-3,6-8,10H2,(H,19,20). The fraction of sp³-hybridized carbons (Fsp3) is 0.500. The summed E-state index contributed by atoms with van der Waals surface area (Å²) in [6, 6.07) is 5.13. The van der Waals surface area contributed by atoms with Crippen molar-refractivity contribution >= 4 is 11.9 Å². The first-order chi connectivity index (χ1) is 10.1. The molecule has 1 saturated heterocycles. The maximum Gasteiger partial charge on any atom is 0.326 e. The highest BCUT2D eigenvalue weighted by Gasteiger charge is 2.31. The minimum absolute atomic E-state index is 0.0963. The van der Waals surface area contributed by atoms with Gasteiger partial charge in [0.05, 0.1) is 13.0 Å². The lowest BCUT2D eigenvalue weighted by Crippen LogP contribution is -2.48.